The molecule has 1 aromatic carbocycles. The van der Waals surface area contributed by atoms with Crippen molar-refractivity contribution in [3.8, 4) is 0 Å². The van der Waals surface area contributed by atoms with Crippen LogP contribution in [-0.4, -0.2) is 58.3 Å². The molecule has 1 aliphatic heterocycles. The number of thioether (sulfide) groups is 1. The fourth-order valence-corrected chi connectivity index (χ4v) is 5.80. The number of hydrogen-bond donors (Lipinski definition) is 1. The molecule has 0 radical (unpaired) electrons. The molecule has 0 unspecified atom stereocenters. The molecule has 1 saturated carbocycles. The van der Waals surface area contributed by atoms with Gasteiger partial charge in [-0.1, -0.05) is 43.2 Å². The Kier molecular flexibility index (Phi) is 6.78. The van der Waals surface area contributed by atoms with Crippen LogP contribution >= 0.6 is 11.8 Å². The van der Waals surface area contributed by atoms with Crippen molar-refractivity contribution in [2.75, 3.05) is 32.7 Å². The second-order valence-corrected chi connectivity index (χ2v) is 9.88. The molecule has 162 valence electrons. The number of quaternary nitrogens is 1. The largest absolute Gasteiger partial charge is 0.332 e. The van der Waals surface area contributed by atoms with Crippen molar-refractivity contribution >= 4 is 28.6 Å². The van der Waals surface area contributed by atoms with E-state index < -0.39 is 0 Å². The number of benzene rings is 1. The van der Waals surface area contributed by atoms with Gasteiger partial charge in [-0.2, -0.15) is 0 Å². The average molecular weight is 430 g/mol. The summed E-state index contributed by atoms with van der Waals surface area (Å²) in [4.78, 5) is 34.9. The lowest BCUT2D eigenvalue weighted by molar-refractivity contribution is -0.902. The van der Waals surface area contributed by atoms with Crippen LogP contribution in [-0.2, 0) is 4.79 Å². The van der Waals surface area contributed by atoms with Crippen molar-refractivity contribution in [1.29, 1.82) is 0 Å². The zero-order chi connectivity index (χ0) is 21.1. The first kappa shape index (κ1) is 21.4. The molecular weight excluding hydrogens is 396 g/mol. The molecule has 6 nitrogen and oxygen atoms in total. The maximum absolute atomic E-state index is 13.4. The summed E-state index contributed by atoms with van der Waals surface area (Å²) in [5.74, 6) is 0.160. The summed E-state index contributed by atoms with van der Waals surface area (Å²) >= 11 is 1.45. The fourth-order valence-electron chi connectivity index (χ4n) is 4.73. The van der Waals surface area contributed by atoms with E-state index in [1.807, 2.05) is 40.7 Å². The smallest absolute Gasteiger partial charge is 0.262 e. The number of fused-ring (bicyclic) bond motifs is 1. The minimum Gasteiger partial charge on any atom is -0.332 e. The molecule has 2 heterocycles. The van der Waals surface area contributed by atoms with Crippen molar-refractivity contribution in [3.05, 3.63) is 34.6 Å². The van der Waals surface area contributed by atoms with E-state index in [-0.39, 0.29) is 22.8 Å². The van der Waals surface area contributed by atoms with Gasteiger partial charge in [-0.25, -0.2) is 4.98 Å². The summed E-state index contributed by atoms with van der Waals surface area (Å²) in [6.07, 6.45) is 5.55. The van der Waals surface area contributed by atoms with Crippen molar-refractivity contribution in [1.82, 2.24) is 14.5 Å². The average Bonchev–Trinajstić information content (AvgIpc) is 2.79. The van der Waals surface area contributed by atoms with Crippen molar-refractivity contribution in [2.24, 2.45) is 0 Å². The van der Waals surface area contributed by atoms with Gasteiger partial charge >= 0.3 is 0 Å². The first-order valence-electron chi connectivity index (χ1n) is 11.4. The van der Waals surface area contributed by atoms with Gasteiger partial charge in [0.05, 0.1) is 48.9 Å². The zero-order valence-electron chi connectivity index (χ0n) is 18.1. The summed E-state index contributed by atoms with van der Waals surface area (Å²) in [7, 11) is 0. The molecular formula is C23H33N4O2S+. The molecule has 0 spiro atoms. The van der Waals surface area contributed by atoms with E-state index in [0.717, 1.165) is 63.9 Å². The van der Waals surface area contributed by atoms with Crippen LogP contribution in [0.5, 0.6) is 0 Å². The van der Waals surface area contributed by atoms with Crippen LogP contribution in [0.15, 0.2) is 34.2 Å². The van der Waals surface area contributed by atoms with Gasteiger partial charge in [0, 0.05) is 6.04 Å². The second-order valence-electron chi connectivity index (χ2n) is 8.57. The number of amides is 1. The number of nitrogens with zero attached hydrogens (tertiary/aromatic N) is 3. The third kappa shape index (κ3) is 4.42. The molecule has 1 saturated heterocycles. The number of carbonyl (C=O) groups is 1. The Morgan fingerprint density at radius 2 is 1.90 bits per heavy atom. The van der Waals surface area contributed by atoms with Gasteiger partial charge in [0.1, 0.15) is 0 Å². The number of carbonyl (C=O) groups excluding carboxylic acids is 1. The van der Waals surface area contributed by atoms with Gasteiger partial charge in [0.2, 0.25) is 5.91 Å². The van der Waals surface area contributed by atoms with E-state index in [1.165, 1.54) is 18.2 Å². The monoisotopic (exact) mass is 429 g/mol. The van der Waals surface area contributed by atoms with Crippen LogP contribution in [0.1, 0.15) is 52.0 Å². The highest BCUT2D eigenvalue weighted by atomic mass is 32.2. The lowest BCUT2D eigenvalue weighted by atomic mass is 9.95. The number of para-hydroxylation sites is 1. The number of piperazine rings is 1. The molecule has 1 N–H and O–H groups in total. The normalized spacial score (nSPS) is 19.9. The molecule has 2 aliphatic rings. The topological polar surface area (TPSA) is 59.6 Å². The van der Waals surface area contributed by atoms with Gasteiger partial charge in [0.25, 0.3) is 5.56 Å². The third-order valence-corrected chi connectivity index (χ3v) is 7.68. The predicted molar refractivity (Wildman–Crippen MR) is 121 cm³/mol. The summed E-state index contributed by atoms with van der Waals surface area (Å²) in [5.41, 5.74) is 0.756. The molecule has 2 aromatic rings. The van der Waals surface area contributed by atoms with Crippen LogP contribution < -0.4 is 10.5 Å². The second kappa shape index (κ2) is 9.52. The minimum absolute atomic E-state index is 0.0369. The molecule has 4 rings (SSSR count). The Morgan fingerprint density at radius 3 is 2.60 bits per heavy atom. The lowest BCUT2D eigenvalue weighted by Crippen LogP contribution is -3.14. The molecule has 1 aliphatic carbocycles. The van der Waals surface area contributed by atoms with E-state index in [0.29, 0.717) is 10.5 Å². The third-order valence-electron chi connectivity index (χ3n) is 6.63. The number of rotatable bonds is 5. The van der Waals surface area contributed by atoms with Gasteiger partial charge in [-0.3, -0.25) is 14.2 Å². The maximum atomic E-state index is 13.4. The quantitative estimate of drug-likeness (QED) is 0.584. The Bertz CT molecular complexity index is 946. The molecule has 1 aromatic heterocycles. The molecule has 1 amide bonds. The zero-order valence-corrected chi connectivity index (χ0v) is 18.9. The highest BCUT2D eigenvalue weighted by molar-refractivity contribution is 8.00. The number of hydrogen-bond acceptors (Lipinski definition) is 4. The van der Waals surface area contributed by atoms with E-state index in [9.17, 15) is 9.59 Å². The lowest BCUT2D eigenvalue weighted by Gasteiger charge is -2.33. The Hall–Kier alpha value is -1.86. The Balaban J connectivity index is 1.61. The molecule has 0 bridgehead atoms. The van der Waals surface area contributed by atoms with Crippen LogP contribution in [0.25, 0.3) is 10.9 Å². The van der Waals surface area contributed by atoms with Crippen LogP contribution in [0, 0.1) is 0 Å². The highest BCUT2D eigenvalue weighted by Crippen LogP contribution is 2.32. The number of likely N-dealkylation sites (N-methyl/N-ethyl adjacent to an activating group) is 1. The van der Waals surface area contributed by atoms with Gasteiger partial charge in [-0.15, -0.1) is 0 Å². The highest BCUT2D eigenvalue weighted by Gasteiger charge is 2.29. The first-order valence-corrected chi connectivity index (χ1v) is 12.3. The summed E-state index contributed by atoms with van der Waals surface area (Å²) in [5, 5.41) is 1.12. The molecule has 7 heteroatoms. The fraction of sp³-hybridized carbons (Fsp3) is 0.609. The summed E-state index contributed by atoms with van der Waals surface area (Å²) in [6.45, 7) is 8.92. The van der Waals surface area contributed by atoms with Crippen molar-refractivity contribution < 1.29 is 9.69 Å². The summed E-state index contributed by atoms with van der Waals surface area (Å²) < 4.78 is 1.90. The predicted octanol–water partition coefficient (Wildman–Crippen LogP) is 2.13. The van der Waals surface area contributed by atoms with Crippen LogP contribution in [0.3, 0.4) is 0 Å². The Labute approximate surface area is 182 Å². The summed E-state index contributed by atoms with van der Waals surface area (Å²) in [6, 6.07) is 7.75. The molecule has 2 fully saturated rings. The maximum Gasteiger partial charge on any atom is 0.262 e. The van der Waals surface area contributed by atoms with Gasteiger partial charge in [-0.05, 0) is 38.8 Å². The molecule has 30 heavy (non-hydrogen) atoms. The van der Waals surface area contributed by atoms with Crippen LogP contribution in [0.2, 0.25) is 0 Å². The first-order chi connectivity index (χ1) is 14.6. The minimum atomic E-state index is -0.254. The van der Waals surface area contributed by atoms with Gasteiger partial charge < -0.3 is 9.80 Å². The SMILES string of the molecule is CC[NH+]1CCN(C(=O)[C@H](C)Sc2nc3ccccc3c(=O)n2C2CCCCC2)CC1. The molecule has 1 atom stereocenters. The van der Waals surface area contributed by atoms with E-state index >= 15 is 0 Å². The van der Waals surface area contributed by atoms with E-state index in [4.69, 9.17) is 4.98 Å². The Morgan fingerprint density at radius 1 is 1.20 bits per heavy atom. The van der Waals surface area contributed by atoms with Crippen molar-refractivity contribution in [2.45, 2.75) is 62.4 Å². The van der Waals surface area contributed by atoms with E-state index in [2.05, 4.69) is 6.92 Å². The van der Waals surface area contributed by atoms with Gasteiger partial charge in [0.15, 0.2) is 5.16 Å². The van der Waals surface area contributed by atoms with Crippen LogP contribution in [0.4, 0.5) is 0 Å². The number of aromatic nitrogens is 2. The van der Waals surface area contributed by atoms with Crippen molar-refractivity contribution in [3.63, 3.8) is 0 Å². The standard InChI is InChI=1S/C23H32N4O2S/c1-3-25-13-15-26(16-14-25)21(28)17(2)30-23-24-20-12-8-7-11-19(20)22(29)27(23)18-9-5-4-6-10-18/h7-8,11-12,17-18H,3-6,9-10,13-16H2,1-2H3/p+1/t17-/m0/s1. The number of nitrogens with one attached hydrogen (secondary N) is 1. The van der Waals surface area contributed by atoms with E-state index in [1.54, 1.807) is 4.90 Å².